The van der Waals surface area contributed by atoms with Crippen LogP contribution in [0.25, 0.3) is 6.08 Å². The Kier molecular flexibility index (Phi) is 6.06. The number of esters is 1. The van der Waals surface area contributed by atoms with Gasteiger partial charge < -0.3 is 19.5 Å². The summed E-state index contributed by atoms with van der Waals surface area (Å²) in [6.07, 6.45) is -2.33. The lowest BCUT2D eigenvalue weighted by molar-refractivity contribution is -0.143. The van der Waals surface area contributed by atoms with Gasteiger partial charge in [-0.15, -0.1) is 0 Å². The van der Waals surface area contributed by atoms with Gasteiger partial charge in [-0.25, -0.2) is 4.79 Å². The van der Waals surface area contributed by atoms with E-state index in [-0.39, 0.29) is 18.9 Å². The number of nitrogens with one attached hydrogen (secondary N) is 1. The summed E-state index contributed by atoms with van der Waals surface area (Å²) in [6, 6.07) is 9.70. The number of amides is 1. The van der Waals surface area contributed by atoms with Crippen LogP contribution >= 0.6 is 0 Å². The quantitative estimate of drug-likeness (QED) is 0.588. The highest BCUT2D eigenvalue weighted by molar-refractivity contribution is 5.89. The number of carbonyl (C=O) groups excluding carboxylic acids is 2. The van der Waals surface area contributed by atoms with Crippen molar-refractivity contribution in [2.45, 2.75) is 12.7 Å². The third kappa shape index (κ3) is 5.74. The summed E-state index contributed by atoms with van der Waals surface area (Å²) in [5, 5.41) is 2.58. The predicted molar refractivity (Wildman–Crippen MR) is 95.8 cm³/mol. The summed E-state index contributed by atoms with van der Waals surface area (Å²) < 4.78 is 53.2. The average molecular weight is 407 g/mol. The van der Waals surface area contributed by atoms with Crippen LogP contribution in [0.5, 0.6) is 11.5 Å². The second kappa shape index (κ2) is 8.68. The molecule has 9 heteroatoms. The van der Waals surface area contributed by atoms with Crippen molar-refractivity contribution in [3.05, 3.63) is 65.2 Å². The zero-order valence-corrected chi connectivity index (χ0v) is 15.0. The van der Waals surface area contributed by atoms with E-state index < -0.39 is 30.2 Å². The first kappa shape index (κ1) is 20.2. The van der Waals surface area contributed by atoms with Crippen LogP contribution in [0.3, 0.4) is 0 Å². The van der Waals surface area contributed by atoms with Gasteiger partial charge in [0.15, 0.2) is 18.1 Å². The van der Waals surface area contributed by atoms with Crippen molar-refractivity contribution in [1.29, 1.82) is 0 Å². The third-order valence-electron chi connectivity index (χ3n) is 3.90. The monoisotopic (exact) mass is 407 g/mol. The molecule has 29 heavy (non-hydrogen) atoms. The van der Waals surface area contributed by atoms with Crippen LogP contribution in [0.15, 0.2) is 48.5 Å². The molecule has 1 aliphatic heterocycles. The Balaban J connectivity index is 1.44. The van der Waals surface area contributed by atoms with Gasteiger partial charge in [0, 0.05) is 12.6 Å². The molecular formula is C20H16F3NO5. The Morgan fingerprint density at radius 3 is 2.69 bits per heavy atom. The number of hydrogen-bond donors (Lipinski definition) is 1. The Hall–Kier alpha value is -3.49. The van der Waals surface area contributed by atoms with E-state index in [2.05, 4.69) is 5.32 Å². The van der Waals surface area contributed by atoms with E-state index in [9.17, 15) is 22.8 Å². The minimum atomic E-state index is -4.47. The molecular weight excluding hydrogens is 391 g/mol. The fourth-order valence-corrected chi connectivity index (χ4v) is 2.47. The van der Waals surface area contributed by atoms with E-state index in [0.717, 1.165) is 23.8 Å². The fraction of sp³-hybridized carbons (Fsp3) is 0.200. The highest BCUT2D eigenvalue weighted by Gasteiger charge is 2.30. The summed E-state index contributed by atoms with van der Waals surface area (Å²) in [6.45, 7) is -0.168. The summed E-state index contributed by atoms with van der Waals surface area (Å²) in [4.78, 5) is 23.5. The summed E-state index contributed by atoms with van der Waals surface area (Å²) in [7, 11) is 0. The number of carbonyl (C=O) groups is 2. The van der Waals surface area contributed by atoms with Crippen LogP contribution in [0.4, 0.5) is 13.2 Å². The van der Waals surface area contributed by atoms with Gasteiger partial charge in [0.2, 0.25) is 6.79 Å². The summed E-state index contributed by atoms with van der Waals surface area (Å²) in [5.41, 5.74) is 0.137. The molecule has 1 heterocycles. The molecule has 0 atom stereocenters. The predicted octanol–water partition coefficient (Wildman–Crippen LogP) is 3.31. The summed E-state index contributed by atoms with van der Waals surface area (Å²) >= 11 is 0. The SMILES string of the molecule is O=C(COC(=O)/C=C/c1cccc(C(F)(F)F)c1)NCc1ccc2c(c1)OCO2. The second-order valence-corrected chi connectivity index (χ2v) is 6.03. The molecule has 0 aromatic heterocycles. The van der Waals surface area contributed by atoms with E-state index in [4.69, 9.17) is 14.2 Å². The van der Waals surface area contributed by atoms with Crippen molar-refractivity contribution in [2.75, 3.05) is 13.4 Å². The van der Waals surface area contributed by atoms with Gasteiger partial charge in [0.1, 0.15) is 0 Å². The van der Waals surface area contributed by atoms with Crippen molar-refractivity contribution in [1.82, 2.24) is 5.32 Å². The van der Waals surface area contributed by atoms with Gasteiger partial charge in [-0.05, 0) is 41.5 Å². The maximum absolute atomic E-state index is 12.7. The van der Waals surface area contributed by atoms with Gasteiger partial charge in [-0.3, -0.25) is 4.79 Å². The van der Waals surface area contributed by atoms with E-state index >= 15 is 0 Å². The standard InChI is InChI=1S/C20H16F3NO5/c21-20(22,23)15-3-1-2-13(8-15)5-7-19(26)27-11-18(25)24-10-14-4-6-16-17(9-14)29-12-28-16/h1-9H,10-12H2,(H,24,25)/b7-5+. The Morgan fingerprint density at radius 1 is 1.10 bits per heavy atom. The Morgan fingerprint density at radius 2 is 1.90 bits per heavy atom. The smallest absolute Gasteiger partial charge is 0.416 e. The van der Waals surface area contributed by atoms with Crippen molar-refractivity contribution in [3.8, 4) is 11.5 Å². The van der Waals surface area contributed by atoms with Crippen molar-refractivity contribution < 1.29 is 37.0 Å². The van der Waals surface area contributed by atoms with Crippen LogP contribution in [-0.2, 0) is 27.0 Å². The normalized spacial score (nSPS) is 12.8. The first-order valence-corrected chi connectivity index (χ1v) is 8.48. The minimum absolute atomic E-state index is 0.148. The molecule has 0 aliphatic carbocycles. The van der Waals surface area contributed by atoms with Crippen LogP contribution < -0.4 is 14.8 Å². The van der Waals surface area contributed by atoms with Gasteiger partial charge in [0.05, 0.1) is 5.56 Å². The third-order valence-corrected chi connectivity index (χ3v) is 3.90. The molecule has 0 fully saturated rings. The Labute approximate surface area is 163 Å². The number of benzene rings is 2. The van der Waals surface area contributed by atoms with Gasteiger partial charge in [-0.1, -0.05) is 18.2 Å². The van der Waals surface area contributed by atoms with Crippen LogP contribution in [0.2, 0.25) is 0 Å². The van der Waals surface area contributed by atoms with E-state index in [1.54, 1.807) is 18.2 Å². The van der Waals surface area contributed by atoms with Gasteiger partial charge in [0.25, 0.3) is 5.91 Å². The largest absolute Gasteiger partial charge is 0.454 e. The van der Waals surface area contributed by atoms with E-state index in [1.165, 1.54) is 18.2 Å². The zero-order chi connectivity index (χ0) is 20.9. The number of ether oxygens (including phenoxy) is 3. The van der Waals surface area contributed by atoms with Crippen molar-refractivity contribution in [3.63, 3.8) is 0 Å². The topological polar surface area (TPSA) is 73.9 Å². The molecule has 2 aromatic carbocycles. The lowest BCUT2D eigenvalue weighted by atomic mass is 10.1. The number of fused-ring (bicyclic) bond motifs is 1. The fourth-order valence-electron chi connectivity index (χ4n) is 2.47. The molecule has 1 N–H and O–H groups in total. The molecule has 6 nitrogen and oxygen atoms in total. The maximum atomic E-state index is 12.7. The number of hydrogen-bond acceptors (Lipinski definition) is 5. The molecule has 3 rings (SSSR count). The molecule has 0 saturated carbocycles. The first-order valence-electron chi connectivity index (χ1n) is 8.48. The molecule has 1 aliphatic rings. The van der Waals surface area contributed by atoms with Gasteiger partial charge >= 0.3 is 12.1 Å². The minimum Gasteiger partial charge on any atom is -0.454 e. The highest BCUT2D eigenvalue weighted by atomic mass is 19.4. The zero-order valence-electron chi connectivity index (χ0n) is 15.0. The number of rotatable bonds is 6. The molecule has 0 saturated heterocycles. The lowest BCUT2D eigenvalue weighted by Crippen LogP contribution is -2.28. The highest BCUT2D eigenvalue weighted by Crippen LogP contribution is 2.32. The van der Waals surface area contributed by atoms with Crippen molar-refractivity contribution >= 4 is 18.0 Å². The van der Waals surface area contributed by atoms with Crippen LogP contribution in [-0.4, -0.2) is 25.3 Å². The Bertz CT molecular complexity index is 940. The number of alkyl halides is 3. The first-order chi connectivity index (χ1) is 13.8. The second-order valence-electron chi connectivity index (χ2n) is 6.03. The molecule has 1 amide bonds. The molecule has 2 aromatic rings. The van der Waals surface area contributed by atoms with Crippen LogP contribution in [0.1, 0.15) is 16.7 Å². The van der Waals surface area contributed by atoms with Gasteiger partial charge in [-0.2, -0.15) is 13.2 Å². The molecule has 152 valence electrons. The molecule has 0 bridgehead atoms. The van der Waals surface area contributed by atoms with E-state index in [0.29, 0.717) is 11.5 Å². The molecule has 0 spiro atoms. The van der Waals surface area contributed by atoms with E-state index in [1.807, 2.05) is 0 Å². The molecule has 0 unspecified atom stereocenters. The maximum Gasteiger partial charge on any atom is 0.416 e. The lowest BCUT2D eigenvalue weighted by Gasteiger charge is -2.07. The summed E-state index contributed by atoms with van der Waals surface area (Å²) in [5.74, 6) is -0.159. The van der Waals surface area contributed by atoms with Crippen LogP contribution in [0, 0.1) is 0 Å². The molecule has 0 radical (unpaired) electrons. The average Bonchev–Trinajstić information content (AvgIpc) is 3.16. The number of halogens is 3. The van der Waals surface area contributed by atoms with Crippen molar-refractivity contribution in [2.24, 2.45) is 0 Å².